The lowest BCUT2D eigenvalue weighted by Crippen LogP contribution is -2.20. The van der Waals surface area contributed by atoms with E-state index in [1.807, 2.05) is 18.7 Å². The maximum Gasteiger partial charge on any atom is 0.0949 e. The van der Waals surface area contributed by atoms with Crippen molar-refractivity contribution in [1.82, 2.24) is 14.9 Å². The van der Waals surface area contributed by atoms with E-state index >= 15 is 0 Å². The van der Waals surface area contributed by atoms with E-state index in [0.29, 0.717) is 6.04 Å². The van der Waals surface area contributed by atoms with Crippen LogP contribution >= 0.6 is 0 Å². The maximum absolute atomic E-state index is 5.47. The molecule has 0 bridgehead atoms. The normalized spacial score (nSPS) is 20.7. The van der Waals surface area contributed by atoms with Crippen LogP contribution in [0.1, 0.15) is 23.1 Å². The Morgan fingerprint density at radius 1 is 1.38 bits per heavy atom. The molecule has 1 aromatic heterocycles. The SMILES string of the molecule is c1cn(Cc2cc3c(c(N[C@H]4CCOC4)c2)CNC3)cn1. The molecular formula is C16H20N4O. The van der Waals surface area contributed by atoms with Crippen molar-refractivity contribution in [2.75, 3.05) is 18.5 Å². The first-order valence-electron chi connectivity index (χ1n) is 7.54. The number of hydrogen-bond donors (Lipinski definition) is 2. The predicted octanol–water partition coefficient (Wildman–Crippen LogP) is 1.74. The van der Waals surface area contributed by atoms with E-state index in [9.17, 15) is 0 Å². The highest BCUT2D eigenvalue weighted by molar-refractivity contribution is 5.59. The first-order valence-corrected chi connectivity index (χ1v) is 7.54. The summed E-state index contributed by atoms with van der Waals surface area (Å²) in [7, 11) is 0. The highest BCUT2D eigenvalue weighted by Crippen LogP contribution is 2.28. The molecule has 4 rings (SSSR count). The van der Waals surface area contributed by atoms with Gasteiger partial charge in [-0.15, -0.1) is 0 Å². The molecular weight excluding hydrogens is 264 g/mol. The van der Waals surface area contributed by atoms with Gasteiger partial charge in [-0.05, 0) is 29.2 Å². The molecule has 3 heterocycles. The first-order chi connectivity index (χ1) is 10.4. The quantitative estimate of drug-likeness (QED) is 0.898. The van der Waals surface area contributed by atoms with Crippen LogP contribution < -0.4 is 10.6 Å². The van der Waals surface area contributed by atoms with Gasteiger partial charge in [0.2, 0.25) is 0 Å². The van der Waals surface area contributed by atoms with E-state index in [0.717, 1.165) is 39.3 Å². The lowest BCUT2D eigenvalue weighted by Gasteiger charge is -2.17. The summed E-state index contributed by atoms with van der Waals surface area (Å²) in [6, 6.07) is 5.04. The average molecular weight is 284 g/mol. The topological polar surface area (TPSA) is 51.1 Å². The van der Waals surface area contributed by atoms with Gasteiger partial charge in [0, 0.05) is 44.3 Å². The van der Waals surface area contributed by atoms with Crippen LogP contribution in [0, 0.1) is 0 Å². The smallest absolute Gasteiger partial charge is 0.0949 e. The summed E-state index contributed by atoms with van der Waals surface area (Å²) in [5.74, 6) is 0. The van der Waals surface area contributed by atoms with Crippen LogP contribution in [0.4, 0.5) is 5.69 Å². The molecule has 0 amide bonds. The molecule has 2 aliphatic rings. The Labute approximate surface area is 124 Å². The predicted molar refractivity (Wildman–Crippen MR) is 81.2 cm³/mol. The molecule has 2 aromatic rings. The van der Waals surface area contributed by atoms with E-state index in [-0.39, 0.29) is 0 Å². The summed E-state index contributed by atoms with van der Waals surface area (Å²) >= 11 is 0. The van der Waals surface area contributed by atoms with Crippen LogP contribution in [0.25, 0.3) is 0 Å². The van der Waals surface area contributed by atoms with Gasteiger partial charge >= 0.3 is 0 Å². The Bertz CT molecular complexity index is 617. The van der Waals surface area contributed by atoms with Crippen LogP contribution in [0.5, 0.6) is 0 Å². The summed E-state index contributed by atoms with van der Waals surface area (Å²) in [4.78, 5) is 4.11. The van der Waals surface area contributed by atoms with Gasteiger partial charge in [-0.2, -0.15) is 0 Å². The second-order valence-electron chi connectivity index (χ2n) is 5.82. The largest absolute Gasteiger partial charge is 0.380 e. The second-order valence-corrected chi connectivity index (χ2v) is 5.82. The summed E-state index contributed by atoms with van der Waals surface area (Å²) in [6.07, 6.45) is 6.78. The molecule has 1 atom stereocenters. The highest BCUT2D eigenvalue weighted by atomic mass is 16.5. The zero-order valence-corrected chi connectivity index (χ0v) is 12.0. The van der Waals surface area contributed by atoms with Crippen molar-refractivity contribution in [2.45, 2.75) is 32.1 Å². The van der Waals surface area contributed by atoms with Gasteiger partial charge in [0.15, 0.2) is 0 Å². The zero-order valence-electron chi connectivity index (χ0n) is 12.0. The summed E-state index contributed by atoms with van der Waals surface area (Å²) < 4.78 is 7.58. The van der Waals surface area contributed by atoms with Crippen molar-refractivity contribution >= 4 is 5.69 Å². The van der Waals surface area contributed by atoms with Gasteiger partial charge < -0.3 is 19.9 Å². The van der Waals surface area contributed by atoms with Crippen molar-refractivity contribution in [3.8, 4) is 0 Å². The fraction of sp³-hybridized carbons (Fsp3) is 0.438. The molecule has 0 unspecified atom stereocenters. The Kier molecular flexibility index (Phi) is 3.37. The summed E-state index contributed by atoms with van der Waals surface area (Å²) in [5.41, 5.74) is 5.41. The van der Waals surface area contributed by atoms with E-state index in [1.54, 1.807) is 0 Å². The second kappa shape index (κ2) is 5.50. The number of nitrogens with one attached hydrogen (secondary N) is 2. The molecule has 0 radical (unpaired) electrons. The van der Waals surface area contributed by atoms with Gasteiger partial charge in [-0.1, -0.05) is 6.07 Å². The van der Waals surface area contributed by atoms with Gasteiger partial charge in [0.05, 0.1) is 19.0 Å². The minimum atomic E-state index is 0.443. The number of nitrogens with zero attached hydrogens (tertiary/aromatic N) is 2. The number of hydrogen-bond acceptors (Lipinski definition) is 4. The fourth-order valence-corrected chi connectivity index (χ4v) is 3.17. The van der Waals surface area contributed by atoms with Gasteiger partial charge in [-0.3, -0.25) is 0 Å². The maximum atomic E-state index is 5.47. The lowest BCUT2D eigenvalue weighted by atomic mass is 10.0. The standard InChI is InChI=1S/C16H20N4O/c1-4-21-10-14(1)19-16-6-12(9-20-3-2-17-11-20)5-13-7-18-8-15(13)16/h2-3,5-6,11,14,18-19H,1,4,7-10H2/t14-/m0/s1. The Hall–Kier alpha value is -1.85. The number of fused-ring (bicyclic) bond motifs is 1. The van der Waals surface area contributed by atoms with E-state index in [1.165, 1.54) is 22.4 Å². The van der Waals surface area contributed by atoms with E-state index in [2.05, 4.69) is 32.3 Å². The van der Waals surface area contributed by atoms with Crippen molar-refractivity contribution in [3.05, 3.63) is 47.5 Å². The van der Waals surface area contributed by atoms with Gasteiger partial charge in [0.1, 0.15) is 0 Å². The molecule has 2 aliphatic heterocycles. The molecule has 0 aliphatic carbocycles. The minimum Gasteiger partial charge on any atom is -0.380 e. The molecule has 5 heteroatoms. The number of rotatable bonds is 4. The van der Waals surface area contributed by atoms with Crippen molar-refractivity contribution in [1.29, 1.82) is 0 Å². The first kappa shape index (κ1) is 12.9. The Morgan fingerprint density at radius 2 is 2.38 bits per heavy atom. The van der Waals surface area contributed by atoms with E-state index < -0.39 is 0 Å². The van der Waals surface area contributed by atoms with Gasteiger partial charge in [0.25, 0.3) is 0 Å². The van der Waals surface area contributed by atoms with Gasteiger partial charge in [-0.25, -0.2) is 4.98 Å². The molecule has 110 valence electrons. The van der Waals surface area contributed by atoms with Crippen molar-refractivity contribution in [2.24, 2.45) is 0 Å². The molecule has 0 spiro atoms. The molecule has 1 fully saturated rings. The van der Waals surface area contributed by atoms with Crippen LogP contribution in [-0.4, -0.2) is 28.8 Å². The van der Waals surface area contributed by atoms with E-state index in [4.69, 9.17) is 4.74 Å². The number of anilines is 1. The summed E-state index contributed by atoms with van der Waals surface area (Å²) in [6.45, 7) is 4.46. The number of imidazole rings is 1. The third-order valence-electron chi connectivity index (χ3n) is 4.23. The Morgan fingerprint density at radius 3 is 3.19 bits per heavy atom. The molecule has 2 N–H and O–H groups in total. The third kappa shape index (κ3) is 2.66. The molecule has 5 nitrogen and oxygen atoms in total. The van der Waals surface area contributed by atoms with Crippen LogP contribution in [-0.2, 0) is 24.4 Å². The third-order valence-corrected chi connectivity index (χ3v) is 4.23. The van der Waals surface area contributed by atoms with Crippen molar-refractivity contribution in [3.63, 3.8) is 0 Å². The molecule has 1 aromatic carbocycles. The lowest BCUT2D eigenvalue weighted by molar-refractivity contribution is 0.195. The minimum absolute atomic E-state index is 0.443. The fourth-order valence-electron chi connectivity index (χ4n) is 3.17. The average Bonchev–Trinajstić information content (AvgIpc) is 3.19. The van der Waals surface area contributed by atoms with Crippen LogP contribution in [0.2, 0.25) is 0 Å². The Balaban J connectivity index is 1.62. The number of ether oxygens (including phenoxy) is 1. The monoisotopic (exact) mass is 284 g/mol. The zero-order chi connectivity index (χ0) is 14.1. The number of benzene rings is 1. The van der Waals surface area contributed by atoms with Crippen LogP contribution in [0.3, 0.4) is 0 Å². The van der Waals surface area contributed by atoms with Crippen molar-refractivity contribution < 1.29 is 4.74 Å². The number of aromatic nitrogens is 2. The summed E-state index contributed by atoms with van der Waals surface area (Å²) in [5, 5.41) is 7.12. The molecule has 1 saturated heterocycles. The van der Waals surface area contributed by atoms with Crippen LogP contribution in [0.15, 0.2) is 30.9 Å². The molecule has 21 heavy (non-hydrogen) atoms. The molecule has 0 saturated carbocycles. The highest BCUT2D eigenvalue weighted by Gasteiger charge is 2.20.